The molecule has 0 amide bonds. The number of nitrogens with two attached hydrogens (primary N) is 1. The van der Waals surface area contributed by atoms with E-state index in [4.69, 9.17) is 5.73 Å². The van der Waals surface area contributed by atoms with Crippen LogP contribution >= 0.6 is 15.9 Å². The van der Waals surface area contributed by atoms with Crippen molar-refractivity contribution < 1.29 is 0 Å². The molecule has 1 aliphatic rings. The minimum absolute atomic E-state index is 0.684. The summed E-state index contributed by atoms with van der Waals surface area (Å²) in [6.07, 6.45) is 5.13. The molecule has 1 aliphatic heterocycles. The maximum absolute atomic E-state index is 5.72. The molecule has 0 radical (unpaired) electrons. The summed E-state index contributed by atoms with van der Waals surface area (Å²) in [5.74, 6) is 0. The number of halogens is 1. The summed E-state index contributed by atoms with van der Waals surface area (Å²) in [4.78, 5) is 2.60. The smallest absolute Gasteiger partial charge is 0.0237 e. The second kappa shape index (κ2) is 6.69. The monoisotopic (exact) mass is 310 g/mol. The third kappa shape index (κ3) is 3.56. The highest BCUT2D eigenvalue weighted by Gasteiger charge is 2.21. The molecule has 1 fully saturated rings. The Hall–Kier alpha value is -0.380. The van der Waals surface area contributed by atoms with E-state index in [0.717, 1.165) is 19.5 Å². The van der Waals surface area contributed by atoms with Crippen molar-refractivity contribution in [3.05, 3.63) is 33.8 Å². The first-order valence-corrected chi connectivity index (χ1v) is 7.69. The first-order valence-electron chi connectivity index (χ1n) is 6.90. The quantitative estimate of drug-likeness (QED) is 0.922. The van der Waals surface area contributed by atoms with Gasteiger partial charge in [0, 0.05) is 17.1 Å². The van der Waals surface area contributed by atoms with Gasteiger partial charge < -0.3 is 5.73 Å². The van der Waals surface area contributed by atoms with Gasteiger partial charge in [0.2, 0.25) is 0 Å². The number of likely N-dealkylation sites (tertiary alicyclic amines) is 1. The second-order valence-corrected chi connectivity index (χ2v) is 6.14. The van der Waals surface area contributed by atoms with E-state index in [1.165, 1.54) is 41.4 Å². The zero-order valence-electron chi connectivity index (χ0n) is 11.2. The number of hydrogen-bond donors (Lipinski definition) is 1. The number of nitrogens with zero attached hydrogens (tertiary/aromatic N) is 1. The minimum Gasteiger partial charge on any atom is -0.330 e. The standard InChI is InChI=1S/C15H23BrN2/c1-12-5-6-13(10-15(12)16)11-18-9-3-2-4-14(18)7-8-17/h5-6,10,14H,2-4,7-9,11,17H2,1H3. The predicted octanol–water partition coefficient (Wildman–Crippen LogP) is 3.46. The third-order valence-corrected chi connectivity index (χ3v) is 4.73. The van der Waals surface area contributed by atoms with Crippen LogP contribution in [0.25, 0.3) is 0 Å². The number of aryl methyl sites for hydroxylation is 1. The largest absolute Gasteiger partial charge is 0.330 e. The average molecular weight is 311 g/mol. The summed E-state index contributed by atoms with van der Waals surface area (Å²) in [5.41, 5.74) is 8.43. The number of rotatable bonds is 4. The Morgan fingerprint density at radius 2 is 2.22 bits per heavy atom. The van der Waals surface area contributed by atoms with E-state index >= 15 is 0 Å². The fraction of sp³-hybridized carbons (Fsp3) is 0.600. The van der Waals surface area contributed by atoms with Crippen molar-refractivity contribution in [2.24, 2.45) is 5.73 Å². The van der Waals surface area contributed by atoms with Crippen LogP contribution in [0, 0.1) is 6.92 Å². The van der Waals surface area contributed by atoms with Crippen LogP contribution in [0.15, 0.2) is 22.7 Å². The average Bonchev–Trinajstić information content (AvgIpc) is 2.37. The fourth-order valence-corrected chi connectivity index (χ4v) is 3.18. The Kier molecular flexibility index (Phi) is 5.22. The molecule has 1 heterocycles. The van der Waals surface area contributed by atoms with Gasteiger partial charge in [-0.25, -0.2) is 0 Å². The van der Waals surface area contributed by atoms with Crippen molar-refractivity contribution >= 4 is 15.9 Å². The highest BCUT2D eigenvalue weighted by Crippen LogP contribution is 2.24. The number of hydrogen-bond acceptors (Lipinski definition) is 2. The van der Waals surface area contributed by atoms with Gasteiger partial charge in [-0.05, 0) is 56.5 Å². The summed E-state index contributed by atoms with van der Waals surface area (Å²) in [6.45, 7) is 5.21. The highest BCUT2D eigenvalue weighted by atomic mass is 79.9. The van der Waals surface area contributed by atoms with E-state index in [0.29, 0.717) is 6.04 Å². The van der Waals surface area contributed by atoms with Crippen molar-refractivity contribution in [2.45, 2.75) is 45.2 Å². The molecule has 1 unspecified atom stereocenters. The Balaban J connectivity index is 2.03. The van der Waals surface area contributed by atoms with Gasteiger partial charge in [-0.3, -0.25) is 4.90 Å². The van der Waals surface area contributed by atoms with E-state index < -0.39 is 0 Å². The molecule has 1 aromatic carbocycles. The molecule has 0 aliphatic carbocycles. The maximum Gasteiger partial charge on any atom is 0.0237 e. The van der Waals surface area contributed by atoms with Gasteiger partial charge in [-0.1, -0.05) is 34.5 Å². The van der Waals surface area contributed by atoms with Crippen LogP contribution in [0.3, 0.4) is 0 Å². The Bertz CT molecular complexity index is 390. The van der Waals surface area contributed by atoms with E-state index in [1.54, 1.807) is 0 Å². The van der Waals surface area contributed by atoms with Crippen LogP contribution in [0.1, 0.15) is 36.8 Å². The molecule has 100 valence electrons. The van der Waals surface area contributed by atoms with Crippen LogP contribution in [0.4, 0.5) is 0 Å². The molecule has 18 heavy (non-hydrogen) atoms. The summed E-state index contributed by atoms with van der Waals surface area (Å²) in [5, 5.41) is 0. The molecule has 2 N–H and O–H groups in total. The maximum atomic E-state index is 5.72. The highest BCUT2D eigenvalue weighted by molar-refractivity contribution is 9.10. The van der Waals surface area contributed by atoms with Crippen LogP contribution in [-0.4, -0.2) is 24.0 Å². The van der Waals surface area contributed by atoms with Crippen LogP contribution < -0.4 is 5.73 Å². The molecule has 1 saturated heterocycles. The van der Waals surface area contributed by atoms with Gasteiger partial charge >= 0.3 is 0 Å². The first-order chi connectivity index (χ1) is 8.70. The van der Waals surface area contributed by atoms with E-state index in [1.807, 2.05) is 0 Å². The topological polar surface area (TPSA) is 29.3 Å². The lowest BCUT2D eigenvalue weighted by Gasteiger charge is -2.35. The Labute approximate surface area is 119 Å². The lowest BCUT2D eigenvalue weighted by Crippen LogP contribution is -2.40. The van der Waals surface area contributed by atoms with Gasteiger partial charge in [0.1, 0.15) is 0 Å². The van der Waals surface area contributed by atoms with Crippen LogP contribution in [0.2, 0.25) is 0 Å². The summed E-state index contributed by atoms with van der Waals surface area (Å²) < 4.78 is 1.22. The summed E-state index contributed by atoms with van der Waals surface area (Å²) >= 11 is 3.62. The molecule has 0 bridgehead atoms. The fourth-order valence-electron chi connectivity index (χ4n) is 2.76. The second-order valence-electron chi connectivity index (χ2n) is 5.28. The minimum atomic E-state index is 0.684. The van der Waals surface area contributed by atoms with Gasteiger partial charge in [-0.2, -0.15) is 0 Å². The molecule has 2 rings (SSSR count). The van der Waals surface area contributed by atoms with Crippen molar-refractivity contribution in [3.63, 3.8) is 0 Å². The van der Waals surface area contributed by atoms with Crippen LogP contribution in [0.5, 0.6) is 0 Å². The molecule has 0 spiro atoms. The van der Waals surface area contributed by atoms with E-state index in [9.17, 15) is 0 Å². The molecule has 1 aromatic rings. The predicted molar refractivity (Wildman–Crippen MR) is 80.6 cm³/mol. The zero-order valence-corrected chi connectivity index (χ0v) is 12.7. The zero-order chi connectivity index (χ0) is 13.0. The van der Waals surface area contributed by atoms with Crippen molar-refractivity contribution in [2.75, 3.05) is 13.1 Å². The van der Waals surface area contributed by atoms with E-state index in [-0.39, 0.29) is 0 Å². The van der Waals surface area contributed by atoms with Crippen molar-refractivity contribution in [1.82, 2.24) is 4.90 Å². The number of piperidine rings is 1. The lowest BCUT2D eigenvalue weighted by atomic mass is 9.98. The van der Waals surface area contributed by atoms with Crippen molar-refractivity contribution in [3.8, 4) is 0 Å². The normalized spacial score (nSPS) is 21.2. The van der Waals surface area contributed by atoms with E-state index in [2.05, 4.69) is 46.0 Å². The van der Waals surface area contributed by atoms with Gasteiger partial charge in [-0.15, -0.1) is 0 Å². The Morgan fingerprint density at radius 3 is 2.94 bits per heavy atom. The summed E-state index contributed by atoms with van der Waals surface area (Å²) in [7, 11) is 0. The van der Waals surface area contributed by atoms with Gasteiger partial charge in [0.05, 0.1) is 0 Å². The van der Waals surface area contributed by atoms with Crippen LogP contribution in [-0.2, 0) is 6.54 Å². The lowest BCUT2D eigenvalue weighted by molar-refractivity contribution is 0.134. The summed E-state index contributed by atoms with van der Waals surface area (Å²) in [6, 6.07) is 7.38. The Morgan fingerprint density at radius 1 is 1.39 bits per heavy atom. The molecule has 0 saturated carbocycles. The van der Waals surface area contributed by atoms with Crippen molar-refractivity contribution in [1.29, 1.82) is 0 Å². The SMILES string of the molecule is Cc1ccc(CN2CCCCC2CCN)cc1Br. The molecule has 2 nitrogen and oxygen atoms in total. The molecular formula is C15H23BrN2. The molecule has 0 aromatic heterocycles. The number of benzene rings is 1. The third-order valence-electron chi connectivity index (χ3n) is 3.87. The molecular weight excluding hydrogens is 288 g/mol. The van der Waals surface area contributed by atoms with Gasteiger partial charge in [0.25, 0.3) is 0 Å². The van der Waals surface area contributed by atoms with Gasteiger partial charge in [0.15, 0.2) is 0 Å². The molecule has 3 heteroatoms. The molecule has 1 atom stereocenters. The first kappa shape index (κ1) is 14.0.